The summed E-state index contributed by atoms with van der Waals surface area (Å²) >= 11 is 5.89. The average Bonchev–Trinajstić information content (AvgIpc) is 3.09. The van der Waals surface area contributed by atoms with E-state index in [2.05, 4.69) is 4.90 Å². The maximum absolute atomic E-state index is 10.3. The Kier molecular flexibility index (Phi) is 6.61. The predicted molar refractivity (Wildman–Crippen MR) is 101 cm³/mol. The van der Waals surface area contributed by atoms with Crippen molar-refractivity contribution in [2.45, 2.75) is 18.6 Å². The molecule has 1 N–H and O–H groups in total. The van der Waals surface area contributed by atoms with Crippen molar-refractivity contribution in [2.24, 2.45) is 0 Å². The van der Waals surface area contributed by atoms with E-state index in [-0.39, 0.29) is 12.7 Å². The molecular weight excluding hydrogens is 354 g/mol. The molecule has 0 aliphatic carbocycles. The highest BCUT2D eigenvalue weighted by Crippen LogP contribution is 2.26. The van der Waals surface area contributed by atoms with Gasteiger partial charge in [-0.15, -0.1) is 0 Å². The Balaban J connectivity index is 1.42. The fraction of sp³-hybridized carbons (Fsp3) is 0.400. The monoisotopic (exact) mass is 377 g/mol. The van der Waals surface area contributed by atoms with Gasteiger partial charge in [0.2, 0.25) is 0 Å². The Labute approximate surface area is 159 Å². The maximum atomic E-state index is 10.3. The first-order chi connectivity index (χ1) is 12.6. The molecule has 5 nitrogen and oxygen atoms in total. The van der Waals surface area contributed by atoms with Crippen LogP contribution in [0.4, 0.5) is 0 Å². The average molecular weight is 378 g/mol. The van der Waals surface area contributed by atoms with Crippen LogP contribution in [0.2, 0.25) is 5.02 Å². The lowest BCUT2D eigenvalue weighted by Crippen LogP contribution is -2.35. The molecule has 0 spiro atoms. The number of halogens is 1. The second kappa shape index (κ2) is 9.12. The second-order valence-electron chi connectivity index (χ2n) is 6.36. The minimum absolute atomic E-state index is 0.124. The first-order valence-electron chi connectivity index (χ1n) is 8.72. The number of benzene rings is 2. The van der Waals surface area contributed by atoms with Gasteiger partial charge in [-0.3, -0.25) is 4.90 Å². The van der Waals surface area contributed by atoms with Gasteiger partial charge in [-0.05, 0) is 42.8 Å². The molecule has 0 radical (unpaired) electrons. The smallest absolute Gasteiger partial charge is 0.161 e. The van der Waals surface area contributed by atoms with E-state index in [4.69, 9.17) is 25.8 Å². The number of likely N-dealkylation sites (tertiary alicyclic amines) is 1. The van der Waals surface area contributed by atoms with Crippen LogP contribution in [-0.4, -0.2) is 55.6 Å². The largest absolute Gasteiger partial charge is 0.493 e. The number of ether oxygens (including phenoxy) is 3. The third kappa shape index (κ3) is 5.27. The van der Waals surface area contributed by atoms with Crippen molar-refractivity contribution in [1.29, 1.82) is 0 Å². The van der Waals surface area contributed by atoms with Crippen molar-refractivity contribution in [1.82, 2.24) is 4.90 Å². The number of aliphatic hydroxyl groups is 1. The molecule has 1 fully saturated rings. The van der Waals surface area contributed by atoms with Crippen molar-refractivity contribution in [3.63, 3.8) is 0 Å². The molecule has 0 amide bonds. The van der Waals surface area contributed by atoms with E-state index in [0.29, 0.717) is 23.1 Å². The zero-order valence-electron chi connectivity index (χ0n) is 14.8. The van der Waals surface area contributed by atoms with Crippen molar-refractivity contribution in [3.05, 3.63) is 53.6 Å². The normalized spacial score (nSPS) is 18.5. The van der Waals surface area contributed by atoms with Crippen molar-refractivity contribution >= 4 is 11.6 Å². The highest BCUT2D eigenvalue weighted by molar-refractivity contribution is 6.30. The van der Waals surface area contributed by atoms with Gasteiger partial charge in [0, 0.05) is 24.7 Å². The van der Waals surface area contributed by atoms with Gasteiger partial charge in [-0.1, -0.05) is 23.7 Å². The predicted octanol–water partition coefficient (Wildman–Crippen LogP) is 3.24. The third-order valence-corrected chi connectivity index (χ3v) is 4.57. The number of methoxy groups -OCH3 is 1. The standard InChI is InChI=1S/C20H24ClNO4/c1-24-19-4-2-3-5-20(19)25-14-16(23)12-22-11-10-18(13-22)26-17-8-6-15(21)7-9-17/h2-9,16,18,23H,10-14H2,1H3. The molecule has 0 saturated carbocycles. The van der Waals surface area contributed by atoms with E-state index < -0.39 is 6.10 Å². The quantitative estimate of drug-likeness (QED) is 0.765. The minimum Gasteiger partial charge on any atom is -0.493 e. The summed E-state index contributed by atoms with van der Waals surface area (Å²) in [5.74, 6) is 2.12. The van der Waals surface area contributed by atoms with E-state index in [1.807, 2.05) is 48.5 Å². The number of hydrogen-bond acceptors (Lipinski definition) is 5. The Morgan fingerprint density at radius 3 is 2.62 bits per heavy atom. The molecule has 6 heteroatoms. The maximum Gasteiger partial charge on any atom is 0.161 e. The molecule has 2 aromatic carbocycles. The van der Waals surface area contributed by atoms with Crippen LogP contribution in [0.15, 0.2) is 48.5 Å². The minimum atomic E-state index is -0.575. The zero-order valence-corrected chi connectivity index (χ0v) is 15.6. The molecular formula is C20H24ClNO4. The lowest BCUT2D eigenvalue weighted by Gasteiger charge is -2.21. The summed E-state index contributed by atoms with van der Waals surface area (Å²) in [6, 6.07) is 14.8. The summed E-state index contributed by atoms with van der Waals surface area (Å²) in [7, 11) is 1.60. The van der Waals surface area contributed by atoms with Crippen LogP contribution in [0.1, 0.15) is 6.42 Å². The first kappa shape index (κ1) is 18.8. The van der Waals surface area contributed by atoms with Crippen LogP contribution in [0, 0.1) is 0 Å². The third-order valence-electron chi connectivity index (χ3n) is 4.31. The number of hydrogen-bond donors (Lipinski definition) is 1. The number of nitrogens with zero attached hydrogens (tertiary/aromatic N) is 1. The highest BCUT2D eigenvalue weighted by Gasteiger charge is 2.25. The SMILES string of the molecule is COc1ccccc1OCC(O)CN1CCC(Oc2ccc(Cl)cc2)C1. The van der Waals surface area contributed by atoms with Gasteiger partial charge in [0.25, 0.3) is 0 Å². The summed E-state index contributed by atoms with van der Waals surface area (Å²) in [5, 5.41) is 11.0. The Bertz CT molecular complexity index is 694. The summed E-state index contributed by atoms with van der Waals surface area (Å²) in [6.07, 6.45) is 0.482. The van der Waals surface area contributed by atoms with Crippen LogP contribution >= 0.6 is 11.6 Å². The van der Waals surface area contributed by atoms with E-state index in [1.165, 1.54) is 0 Å². The molecule has 1 heterocycles. The summed E-state index contributed by atoms with van der Waals surface area (Å²) in [6.45, 7) is 2.45. The molecule has 1 saturated heterocycles. The van der Waals surface area contributed by atoms with E-state index in [1.54, 1.807) is 7.11 Å². The Morgan fingerprint density at radius 1 is 1.15 bits per heavy atom. The van der Waals surface area contributed by atoms with Gasteiger partial charge in [-0.25, -0.2) is 0 Å². The fourth-order valence-corrected chi connectivity index (χ4v) is 3.17. The first-order valence-corrected chi connectivity index (χ1v) is 9.10. The zero-order chi connectivity index (χ0) is 18.4. The molecule has 0 aromatic heterocycles. The van der Waals surface area contributed by atoms with Gasteiger partial charge >= 0.3 is 0 Å². The van der Waals surface area contributed by atoms with Crippen LogP contribution in [0.3, 0.4) is 0 Å². The van der Waals surface area contributed by atoms with Gasteiger partial charge in [0.1, 0.15) is 24.6 Å². The van der Waals surface area contributed by atoms with Gasteiger partial charge in [0.15, 0.2) is 11.5 Å². The molecule has 1 aliphatic rings. The van der Waals surface area contributed by atoms with Gasteiger partial charge in [0.05, 0.1) is 7.11 Å². The van der Waals surface area contributed by atoms with Crippen LogP contribution in [-0.2, 0) is 0 Å². The molecule has 140 valence electrons. The van der Waals surface area contributed by atoms with E-state index in [0.717, 1.165) is 25.3 Å². The number of para-hydroxylation sites is 2. The Hall–Kier alpha value is -1.95. The molecule has 2 atom stereocenters. The summed E-state index contributed by atoms with van der Waals surface area (Å²) in [5.41, 5.74) is 0. The number of aliphatic hydroxyl groups excluding tert-OH is 1. The molecule has 2 aromatic rings. The van der Waals surface area contributed by atoms with Crippen LogP contribution in [0.5, 0.6) is 17.2 Å². The molecule has 1 aliphatic heterocycles. The highest BCUT2D eigenvalue weighted by atomic mass is 35.5. The number of β-amino-alcohol motifs (C(OH)–C–C–N with tert-alkyl or cyclic N) is 1. The molecule has 0 bridgehead atoms. The summed E-state index contributed by atoms with van der Waals surface area (Å²) < 4.78 is 16.9. The second-order valence-corrected chi connectivity index (χ2v) is 6.79. The molecule has 2 unspecified atom stereocenters. The fourth-order valence-electron chi connectivity index (χ4n) is 3.04. The van der Waals surface area contributed by atoms with E-state index in [9.17, 15) is 5.11 Å². The molecule has 3 rings (SSSR count). The van der Waals surface area contributed by atoms with E-state index >= 15 is 0 Å². The topological polar surface area (TPSA) is 51.2 Å². The van der Waals surface area contributed by atoms with Crippen molar-refractivity contribution in [2.75, 3.05) is 33.4 Å². The lowest BCUT2D eigenvalue weighted by molar-refractivity contribution is 0.0709. The van der Waals surface area contributed by atoms with Crippen LogP contribution < -0.4 is 14.2 Å². The summed E-state index contributed by atoms with van der Waals surface area (Å²) in [4.78, 5) is 2.19. The lowest BCUT2D eigenvalue weighted by atomic mass is 10.3. The number of rotatable bonds is 8. The Morgan fingerprint density at radius 2 is 1.88 bits per heavy atom. The van der Waals surface area contributed by atoms with Crippen molar-refractivity contribution < 1.29 is 19.3 Å². The van der Waals surface area contributed by atoms with Gasteiger partial charge < -0.3 is 19.3 Å². The van der Waals surface area contributed by atoms with Gasteiger partial charge in [-0.2, -0.15) is 0 Å². The molecule has 26 heavy (non-hydrogen) atoms. The van der Waals surface area contributed by atoms with Crippen LogP contribution in [0.25, 0.3) is 0 Å². The van der Waals surface area contributed by atoms with Crippen molar-refractivity contribution in [3.8, 4) is 17.2 Å².